The summed E-state index contributed by atoms with van der Waals surface area (Å²) in [5.41, 5.74) is 0. The van der Waals surface area contributed by atoms with Crippen LogP contribution in [0.4, 0.5) is 13.2 Å². The molecule has 0 amide bonds. The Labute approximate surface area is 91.6 Å². The lowest BCUT2D eigenvalue weighted by Gasteiger charge is -2.22. The standard InChI is InChI=1S/C10H15F3O3/c11-10(12,13)8(14)6-9(15)16-7-4-2-1-3-5-7/h7-8,14H,1-6H2/t8-/m0/s1. The third kappa shape index (κ3) is 4.38. The Balaban J connectivity index is 2.29. The molecule has 1 rings (SSSR count). The monoisotopic (exact) mass is 240 g/mol. The molecule has 0 radical (unpaired) electrons. The summed E-state index contributed by atoms with van der Waals surface area (Å²) in [5, 5.41) is 8.66. The number of aliphatic hydroxyl groups excluding tert-OH is 1. The largest absolute Gasteiger partial charge is 0.462 e. The van der Waals surface area contributed by atoms with Gasteiger partial charge in [0.25, 0.3) is 0 Å². The molecule has 3 nitrogen and oxygen atoms in total. The highest BCUT2D eigenvalue weighted by Crippen LogP contribution is 2.24. The third-order valence-electron chi connectivity index (χ3n) is 2.59. The second kappa shape index (κ2) is 5.52. The molecule has 16 heavy (non-hydrogen) atoms. The molecule has 1 saturated carbocycles. The molecule has 0 aliphatic heterocycles. The highest BCUT2D eigenvalue weighted by Gasteiger charge is 2.40. The molecular weight excluding hydrogens is 225 g/mol. The zero-order valence-corrected chi connectivity index (χ0v) is 8.79. The molecule has 0 aromatic rings. The number of hydrogen-bond acceptors (Lipinski definition) is 3. The van der Waals surface area contributed by atoms with Gasteiger partial charge in [-0.3, -0.25) is 4.79 Å². The number of rotatable bonds is 3. The van der Waals surface area contributed by atoms with Gasteiger partial charge in [0.1, 0.15) is 6.10 Å². The maximum Gasteiger partial charge on any atom is 0.414 e. The second-order valence-electron chi connectivity index (χ2n) is 4.01. The van der Waals surface area contributed by atoms with Crippen molar-refractivity contribution >= 4 is 5.97 Å². The lowest BCUT2D eigenvalue weighted by atomic mass is 9.98. The van der Waals surface area contributed by atoms with Gasteiger partial charge in [0.05, 0.1) is 6.42 Å². The predicted molar refractivity (Wildman–Crippen MR) is 49.6 cm³/mol. The minimum atomic E-state index is -4.76. The Morgan fingerprint density at radius 3 is 2.38 bits per heavy atom. The first kappa shape index (κ1) is 13.3. The van der Waals surface area contributed by atoms with E-state index in [1.165, 1.54) is 0 Å². The molecule has 0 aromatic heterocycles. The summed E-state index contributed by atoms with van der Waals surface area (Å²) in [4.78, 5) is 11.1. The normalized spacial score (nSPS) is 20.5. The van der Waals surface area contributed by atoms with Gasteiger partial charge in [-0.25, -0.2) is 0 Å². The van der Waals surface area contributed by atoms with Gasteiger partial charge in [-0.05, 0) is 25.7 Å². The first-order valence-electron chi connectivity index (χ1n) is 5.34. The van der Waals surface area contributed by atoms with Crippen molar-refractivity contribution in [2.75, 3.05) is 0 Å². The Kier molecular flexibility index (Phi) is 4.58. The van der Waals surface area contributed by atoms with Crippen molar-refractivity contribution in [2.45, 2.75) is 56.9 Å². The fourth-order valence-electron chi connectivity index (χ4n) is 1.69. The molecule has 94 valence electrons. The van der Waals surface area contributed by atoms with Crippen LogP contribution in [0.2, 0.25) is 0 Å². The summed E-state index contributed by atoms with van der Waals surface area (Å²) in [6, 6.07) is 0. The van der Waals surface area contributed by atoms with Crippen molar-refractivity contribution < 1.29 is 27.8 Å². The van der Waals surface area contributed by atoms with E-state index < -0.39 is 24.7 Å². The van der Waals surface area contributed by atoms with Crippen molar-refractivity contribution in [2.24, 2.45) is 0 Å². The molecule has 0 unspecified atom stereocenters. The first-order valence-corrected chi connectivity index (χ1v) is 5.34. The lowest BCUT2D eigenvalue weighted by molar-refractivity contribution is -0.210. The zero-order chi connectivity index (χ0) is 12.2. The Bertz CT molecular complexity index is 234. The van der Waals surface area contributed by atoms with Crippen LogP contribution in [0, 0.1) is 0 Å². The Morgan fingerprint density at radius 1 is 1.31 bits per heavy atom. The van der Waals surface area contributed by atoms with E-state index in [9.17, 15) is 18.0 Å². The minimum Gasteiger partial charge on any atom is -0.462 e. The van der Waals surface area contributed by atoms with Gasteiger partial charge in [-0.15, -0.1) is 0 Å². The molecule has 1 aliphatic rings. The van der Waals surface area contributed by atoms with E-state index in [0.717, 1.165) is 19.3 Å². The third-order valence-corrected chi connectivity index (χ3v) is 2.59. The van der Waals surface area contributed by atoms with Gasteiger partial charge in [0, 0.05) is 0 Å². The summed E-state index contributed by atoms with van der Waals surface area (Å²) in [6.45, 7) is 0. The Hall–Kier alpha value is -0.780. The molecule has 6 heteroatoms. The van der Waals surface area contributed by atoms with E-state index in [-0.39, 0.29) is 6.10 Å². The molecule has 0 saturated heterocycles. The number of esters is 1. The maximum absolute atomic E-state index is 11.9. The van der Waals surface area contributed by atoms with Gasteiger partial charge < -0.3 is 9.84 Å². The van der Waals surface area contributed by atoms with Crippen molar-refractivity contribution in [3.05, 3.63) is 0 Å². The van der Waals surface area contributed by atoms with Crippen LogP contribution in [-0.2, 0) is 9.53 Å². The summed E-state index contributed by atoms with van der Waals surface area (Å²) < 4.78 is 40.6. The summed E-state index contributed by atoms with van der Waals surface area (Å²) in [5.74, 6) is -0.975. The average molecular weight is 240 g/mol. The van der Waals surface area contributed by atoms with E-state index >= 15 is 0 Å². The van der Waals surface area contributed by atoms with Gasteiger partial charge in [-0.1, -0.05) is 6.42 Å². The van der Waals surface area contributed by atoms with Crippen LogP contribution in [0.1, 0.15) is 38.5 Å². The van der Waals surface area contributed by atoms with Crippen LogP contribution in [0.5, 0.6) is 0 Å². The van der Waals surface area contributed by atoms with Gasteiger partial charge in [0.2, 0.25) is 0 Å². The van der Waals surface area contributed by atoms with E-state index in [1.807, 2.05) is 0 Å². The molecule has 0 aromatic carbocycles. The highest BCUT2D eigenvalue weighted by molar-refractivity contribution is 5.70. The van der Waals surface area contributed by atoms with Crippen molar-refractivity contribution in [1.82, 2.24) is 0 Å². The molecule has 0 heterocycles. The van der Waals surface area contributed by atoms with E-state index in [2.05, 4.69) is 0 Å². The quantitative estimate of drug-likeness (QED) is 0.769. The zero-order valence-electron chi connectivity index (χ0n) is 8.79. The minimum absolute atomic E-state index is 0.276. The molecule has 0 bridgehead atoms. The van der Waals surface area contributed by atoms with Crippen LogP contribution < -0.4 is 0 Å². The predicted octanol–water partition coefficient (Wildman–Crippen LogP) is 2.18. The van der Waals surface area contributed by atoms with Crippen LogP contribution in [0.25, 0.3) is 0 Å². The van der Waals surface area contributed by atoms with Gasteiger partial charge in [0.15, 0.2) is 6.10 Å². The topological polar surface area (TPSA) is 46.5 Å². The van der Waals surface area contributed by atoms with Crippen molar-refractivity contribution in [1.29, 1.82) is 0 Å². The molecule has 1 fully saturated rings. The van der Waals surface area contributed by atoms with Crippen molar-refractivity contribution in [3.63, 3.8) is 0 Å². The van der Waals surface area contributed by atoms with Gasteiger partial charge >= 0.3 is 12.1 Å². The summed E-state index contributed by atoms with van der Waals surface area (Å²) in [6.07, 6.45) is -4.34. The van der Waals surface area contributed by atoms with E-state index in [1.54, 1.807) is 0 Å². The number of carbonyl (C=O) groups is 1. The van der Waals surface area contributed by atoms with Crippen LogP contribution in [0.15, 0.2) is 0 Å². The molecule has 0 spiro atoms. The van der Waals surface area contributed by atoms with Crippen LogP contribution in [-0.4, -0.2) is 29.5 Å². The first-order chi connectivity index (χ1) is 7.39. The number of carbonyl (C=O) groups excluding carboxylic acids is 1. The number of halogens is 3. The smallest absolute Gasteiger partial charge is 0.414 e. The fraction of sp³-hybridized carbons (Fsp3) is 0.900. The molecule has 1 aliphatic carbocycles. The highest BCUT2D eigenvalue weighted by atomic mass is 19.4. The van der Waals surface area contributed by atoms with Crippen molar-refractivity contribution in [3.8, 4) is 0 Å². The maximum atomic E-state index is 11.9. The Morgan fingerprint density at radius 2 is 1.88 bits per heavy atom. The number of ether oxygens (including phenoxy) is 1. The number of alkyl halides is 3. The SMILES string of the molecule is O=C(C[C@H](O)C(F)(F)F)OC1CCCCC1. The van der Waals surface area contributed by atoms with E-state index in [0.29, 0.717) is 12.8 Å². The molecule has 1 atom stereocenters. The number of hydrogen-bond donors (Lipinski definition) is 1. The summed E-state index contributed by atoms with van der Waals surface area (Å²) in [7, 11) is 0. The average Bonchev–Trinajstić information content (AvgIpc) is 2.17. The van der Waals surface area contributed by atoms with Crippen LogP contribution in [0.3, 0.4) is 0 Å². The molecular formula is C10H15F3O3. The van der Waals surface area contributed by atoms with Gasteiger partial charge in [-0.2, -0.15) is 13.2 Å². The number of aliphatic hydroxyl groups is 1. The van der Waals surface area contributed by atoms with Crippen LogP contribution >= 0.6 is 0 Å². The molecule has 1 N–H and O–H groups in total. The summed E-state index contributed by atoms with van der Waals surface area (Å²) >= 11 is 0. The second-order valence-corrected chi connectivity index (χ2v) is 4.01. The fourth-order valence-corrected chi connectivity index (χ4v) is 1.69. The van der Waals surface area contributed by atoms with E-state index in [4.69, 9.17) is 9.84 Å². The lowest BCUT2D eigenvalue weighted by Crippen LogP contribution is -2.32.